The van der Waals surface area contributed by atoms with Crippen molar-refractivity contribution in [3.63, 3.8) is 0 Å². The minimum absolute atomic E-state index is 0.00368. The van der Waals surface area contributed by atoms with E-state index in [0.29, 0.717) is 37.5 Å². The quantitative estimate of drug-likeness (QED) is 0.609. The molecule has 4 rings (SSSR count). The van der Waals surface area contributed by atoms with Crippen LogP contribution in [0.4, 0.5) is 5.82 Å². The number of hydrogen-bond acceptors (Lipinski definition) is 7. The summed E-state index contributed by atoms with van der Waals surface area (Å²) in [4.78, 5) is 27.0. The van der Waals surface area contributed by atoms with Gasteiger partial charge in [-0.1, -0.05) is 12.1 Å². The number of ether oxygens (including phenoxy) is 1. The number of rotatable bonds is 7. The van der Waals surface area contributed by atoms with Gasteiger partial charge >= 0.3 is 0 Å². The van der Waals surface area contributed by atoms with Crippen LogP contribution in [0.1, 0.15) is 23.0 Å². The summed E-state index contributed by atoms with van der Waals surface area (Å²) in [5, 5.41) is 10.9. The third kappa shape index (κ3) is 4.51. The standard InChI is InChI=1S/C24H29N5O3/c1-18-17-20(30)22(24(31)29(18)15-16-32-2)23(19-7-3-5-9-25-19)28-13-11-27(12-14-28)21-8-4-6-10-26-21/h3-10,17,23,30H,11-16H2,1-2H3. The molecule has 1 saturated heterocycles. The molecule has 0 bridgehead atoms. The molecule has 0 aliphatic carbocycles. The molecular weight excluding hydrogens is 406 g/mol. The number of aromatic hydroxyl groups is 1. The van der Waals surface area contributed by atoms with Crippen molar-refractivity contribution in [2.24, 2.45) is 0 Å². The van der Waals surface area contributed by atoms with Crippen molar-refractivity contribution in [2.75, 3.05) is 44.8 Å². The number of hydrogen-bond donors (Lipinski definition) is 1. The third-order valence-corrected chi connectivity index (χ3v) is 5.94. The molecule has 32 heavy (non-hydrogen) atoms. The summed E-state index contributed by atoms with van der Waals surface area (Å²) in [5.41, 5.74) is 1.60. The smallest absolute Gasteiger partial charge is 0.259 e. The molecule has 1 unspecified atom stereocenters. The van der Waals surface area contributed by atoms with E-state index >= 15 is 0 Å². The molecule has 1 aliphatic rings. The van der Waals surface area contributed by atoms with Crippen LogP contribution in [0.5, 0.6) is 5.75 Å². The lowest BCUT2D eigenvalue weighted by molar-refractivity contribution is 0.183. The Bertz CT molecular complexity index is 1080. The lowest BCUT2D eigenvalue weighted by Gasteiger charge is -2.39. The highest BCUT2D eigenvalue weighted by molar-refractivity contribution is 5.41. The Morgan fingerprint density at radius 2 is 1.78 bits per heavy atom. The summed E-state index contributed by atoms with van der Waals surface area (Å²) in [5.74, 6) is 0.950. The van der Waals surface area contributed by atoms with Crippen molar-refractivity contribution in [3.8, 4) is 5.75 Å². The second kappa shape index (κ2) is 9.93. The zero-order valence-electron chi connectivity index (χ0n) is 18.5. The summed E-state index contributed by atoms with van der Waals surface area (Å²) in [6.07, 6.45) is 3.52. The highest BCUT2D eigenvalue weighted by atomic mass is 16.5. The zero-order chi connectivity index (χ0) is 22.5. The summed E-state index contributed by atoms with van der Waals surface area (Å²) < 4.78 is 6.85. The third-order valence-electron chi connectivity index (χ3n) is 5.94. The van der Waals surface area contributed by atoms with E-state index in [1.54, 1.807) is 30.1 Å². The maximum Gasteiger partial charge on any atom is 0.259 e. The highest BCUT2D eigenvalue weighted by Crippen LogP contribution is 2.32. The molecule has 3 aromatic rings. The van der Waals surface area contributed by atoms with Gasteiger partial charge in [-0.2, -0.15) is 0 Å². The van der Waals surface area contributed by atoms with Crippen LogP contribution in [-0.4, -0.2) is 64.4 Å². The van der Waals surface area contributed by atoms with Crippen molar-refractivity contribution in [1.29, 1.82) is 0 Å². The molecule has 4 heterocycles. The number of aryl methyl sites for hydroxylation is 1. The van der Waals surface area contributed by atoms with Gasteiger partial charge in [-0.25, -0.2) is 4.98 Å². The van der Waals surface area contributed by atoms with Crippen LogP contribution in [0.15, 0.2) is 59.7 Å². The fraction of sp³-hybridized carbons (Fsp3) is 0.375. The van der Waals surface area contributed by atoms with E-state index in [1.807, 2.05) is 43.3 Å². The first-order valence-corrected chi connectivity index (χ1v) is 10.8. The summed E-state index contributed by atoms with van der Waals surface area (Å²) in [7, 11) is 1.61. The first kappa shape index (κ1) is 22.0. The first-order chi connectivity index (χ1) is 15.6. The van der Waals surface area contributed by atoms with Crippen molar-refractivity contribution in [1.82, 2.24) is 19.4 Å². The number of pyridine rings is 3. The van der Waals surface area contributed by atoms with E-state index in [9.17, 15) is 9.90 Å². The fourth-order valence-electron chi connectivity index (χ4n) is 4.29. The number of piperazine rings is 1. The lowest BCUT2D eigenvalue weighted by Crippen LogP contribution is -2.49. The van der Waals surface area contributed by atoms with Gasteiger partial charge in [0, 0.05) is 57.9 Å². The van der Waals surface area contributed by atoms with Crippen LogP contribution < -0.4 is 10.5 Å². The number of anilines is 1. The van der Waals surface area contributed by atoms with E-state index in [4.69, 9.17) is 4.74 Å². The van der Waals surface area contributed by atoms with Crippen LogP contribution in [0.2, 0.25) is 0 Å². The average Bonchev–Trinajstić information content (AvgIpc) is 2.83. The van der Waals surface area contributed by atoms with Crippen molar-refractivity contribution >= 4 is 5.82 Å². The average molecular weight is 436 g/mol. The fourth-order valence-corrected chi connectivity index (χ4v) is 4.29. The molecule has 1 N–H and O–H groups in total. The van der Waals surface area contributed by atoms with Gasteiger partial charge in [0.15, 0.2) is 0 Å². The topological polar surface area (TPSA) is 83.7 Å². The predicted molar refractivity (Wildman–Crippen MR) is 123 cm³/mol. The van der Waals surface area contributed by atoms with E-state index in [2.05, 4.69) is 19.8 Å². The van der Waals surface area contributed by atoms with Gasteiger partial charge in [-0.05, 0) is 37.3 Å². The monoisotopic (exact) mass is 435 g/mol. The van der Waals surface area contributed by atoms with Crippen LogP contribution in [-0.2, 0) is 11.3 Å². The molecule has 0 spiro atoms. The maximum atomic E-state index is 13.5. The van der Waals surface area contributed by atoms with Gasteiger partial charge < -0.3 is 19.3 Å². The minimum Gasteiger partial charge on any atom is -0.507 e. The van der Waals surface area contributed by atoms with Crippen molar-refractivity contribution in [3.05, 3.63) is 82.2 Å². The zero-order valence-corrected chi connectivity index (χ0v) is 18.5. The SMILES string of the molecule is COCCn1c(C)cc(O)c(C(c2ccccn2)N2CCN(c3ccccn3)CC2)c1=O. The highest BCUT2D eigenvalue weighted by Gasteiger charge is 2.32. The Morgan fingerprint density at radius 3 is 2.41 bits per heavy atom. The van der Waals surface area contributed by atoms with Gasteiger partial charge in [0.1, 0.15) is 11.6 Å². The molecule has 0 aromatic carbocycles. The van der Waals surface area contributed by atoms with Crippen molar-refractivity contribution < 1.29 is 9.84 Å². The molecule has 0 radical (unpaired) electrons. The molecule has 168 valence electrons. The second-order valence-corrected chi connectivity index (χ2v) is 7.90. The van der Waals surface area contributed by atoms with E-state index in [-0.39, 0.29) is 11.3 Å². The molecule has 3 aromatic heterocycles. The Labute approximate surface area is 187 Å². The molecule has 8 nitrogen and oxygen atoms in total. The largest absolute Gasteiger partial charge is 0.507 e. The molecule has 0 saturated carbocycles. The van der Waals surface area contributed by atoms with Gasteiger partial charge in [-0.15, -0.1) is 0 Å². The van der Waals surface area contributed by atoms with Gasteiger partial charge in [0.05, 0.1) is 23.9 Å². The molecule has 8 heteroatoms. The van der Waals surface area contributed by atoms with Crippen LogP contribution in [0, 0.1) is 6.92 Å². The lowest BCUT2D eigenvalue weighted by atomic mass is 10.00. The Balaban J connectivity index is 1.70. The van der Waals surface area contributed by atoms with Gasteiger partial charge in [-0.3, -0.25) is 14.7 Å². The van der Waals surface area contributed by atoms with Crippen LogP contribution in [0.3, 0.4) is 0 Å². The van der Waals surface area contributed by atoms with Crippen LogP contribution >= 0.6 is 0 Å². The summed E-state index contributed by atoms with van der Waals surface area (Å²) >= 11 is 0. The van der Waals surface area contributed by atoms with E-state index in [1.165, 1.54) is 0 Å². The number of methoxy groups -OCH3 is 1. The first-order valence-electron chi connectivity index (χ1n) is 10.8. The molecule has 1 fully saturated rings. The molecule has 1 aliphatic heterocycles. The predicted octanol–water partition coefficient (Wildman–Crippen LogP) is 2.21. The van der Waals surface area contributed by atoms with E-state index < -0.39 is 6.04 Å². The van der Waals surface area contributed by atoms with Crippen LogP contribution in [0.25, 0.3) is 0 Å². The molecular formula is C24H29N5O3. The minimum atomic E-state index is -0.441. The molecule has 0 amide bonds. The Morgan fingerprint density at radius 1 is 1.06 bits per heavy atom. The van der Waals surface area contributed by atoms with Gasteiger partial charge in [0.25, 0.3) is 5.56 Å². The van der Waals surface area contributed by atoms with E-state index in [0.717, 1.165) is 24.6 Å². The van der Waals surface area contributed by atoms with Gasteiger partial charge in [0.2, 0.25) is 0 Å². The summed E-state index contributed by atoms with van der Waals surface area (Å²) in [6, 6.07) is 12.8. The molecule has 1 atom stereocenters. The van der Waals surface area contributed by atoms with Crippen molar-refractivity contribution in [2.45, 2.75) is 19.5 Å². The normalized spacial score (nSPS) is 15.6. The Kier molecular flexibility index (Phi) is 6.82. The number of aromatic nitrogens is 3. The number of nitrogens with zero attached hydrogens (tertiary/aromatic N) is 5. The maximum absolute atomic E-state index is 13.5. The summed E-state index contributed by atoms with van der Waals surface area (Å²) in [6.45, 7) is 5.63. The Hall–Kier alpha value is -3.23. The second-order valence-electron chi connectivity index (χ2n) is 7.90.